The second-order valence-electron chi connectivity index (χ2n) is 4.52. The van der Waals surface area contributed by atoms with Gasteiger partial charge in [0.2, 0.25) is 0 Å². The van der Waals surface area contributed by atoms with Gasteiger partial charge in [-0.05, 0) is 13.8 Å². The van der Waals surface area contributed by atoms with Crippen LogP contribution in [0.25, 0.3) is 0 Å². The second kappa shape index (κ2) is 18.9. The Bertz CT molecular complexity index is 472. The summed E-state index contributed by atoms with van der Waals surface area (Å²) < 4.78 is 0. The molecule has 0 aliphatic carbocycles. The molecule has 2 aromatic rings. The first-order valence-electron chi connectivity index (χ1n) is 7.81. The predicted octanol–water partition coefficient (Wildman–Crippen LogP) is 1.94. The van der Waals surface area contributed by atoms with Crippen molar-refractivity contribution in [1.82, 2.24) is 0 Å². The molecule has 0 amide bonds. The van der Waals surface area contributed by atoms with Gasteiger partial charge in [-0.3, -0.25) is 0 Å². The molecule has 0 aliphatic heterocycles. The minimum absolute atomic E-state index is 0. The Hall–Kier alpha value is -0.382. The summed E-state index contributed by atoms with van der Waals surface area (Å²) in [5.74, 6) is 0. The molecule has 0 radical (unpaired) electrons. The molecule has 0 N–H and O–H groups in total. The molecule has 0 saturated heterocycles. The number of hydrogen-bond acceptors (Lipinski definition) is 0. The largest absolute Gasteiger partial charge is 2.00 e. The van der Waals surface area contributed by atoms with Crippen molar-refractivity contribution in [3.8, 4) is 0 Å². The molecule has 3 heteroatoms. The molecule has 0 nitrogen and oxygen atoms in total. The molecule has 0 atom stereocenters. The second-order valence-corrected chi connectivity index (χ2v) is 6.99. The normalized spacial score (nSPS) is 9.00. The molecule has 0 heterocycles. The van der Waals surface area contributed by atoms with Crippen LogP contribution in [0.2, 0.25) is 6.04 Å². The van der Waals surface area contributed by atoms with E-state index in [1.165, 1.54) is 22.0 Å². The Balaban J connectivity index is -0.000000684. The van der Waals surface area contributed by atoms with Crippen molar-refractivity contribution in [2.75, 3.05) is 0 Å². The zero-order valence-corrected chi connectivity index (χ0v) is 20.1. The molecule has 0 unspecified atom stereocenters. The van der Waals surface area contributed by atoms with Gasteiger partial charge in [-0.1, -0.05) is 66.7 Å². The third-order valence-corrected chi connectivity index (χ3v) is 6.16. The summed E-state index contributed by atoms with van der Waals surface area (Å²) in [6, 6.07) is 23.0. The fourth-order valence-electron chi connectivity index (χ4n) is 2.03. The van der Waals surface area contributed by atoms with E-state index in [4.69, 9.17) is 0 Å². The molecular weight excluding hydrogens is 353 g/mol. The van der Waals surface area contributed by atoms with Crippen molar-refractivity contribution >= 4 is 19.2 Å². The summed E-state index contributed by atoms with van der Waals surface area (Å²) in [7, 11) is -0.679. The summed E-state index contributed by atoms with van der Waals surface area (Å²) in [6.45, 7) is 14.4. The maximum absolute atomic E-state index is 3.25. The number of rotatable bonds is 4. The SMILES string of the molecule is C/C=C(\C)C[Si-](c1ccccc1)c1ccccc1.[CH2-]C.[CH2-]C.[Li+].[Zn+2]. The van der Waals surface area contributed by atoms with E-state index in [9.17, 15) is 0 Å². The van der Waals surface area contributed by atoms with Gasteiger partial charge >= 0.3 is 38.3 Å². The van der Waals surface area contributed by atoms with E-state index in [1.54, 1.807) is 13.8 Å². The van der Waals surface area contributed by atoms with Crippen molar-refractivity contribution in [3.63, 3.8) is 0 Å². The molecule has 2 aromatic carbocycles. The minimum Gasteiger partial charge on any atom is -0.346 e. The van der Waals surface area contributed by atoms with Crippen LogP contribution in [-0.2, 0) is 19.5 Å². The minimum atomic E-state index is -0.679. The van der Waals surface area contributed by atoms with Crippen LogP contribution in [0.1, 0.15) is 27.7 Å². The molecule has 0 fully saturated rings. The number of allylic oxidation sites excluding steroid dienone is 2. The van der Waals surface area contributed by atoms with Gasteiger partial charge in [0.25, 0.3) is 0 Å². The van der Waals surface area contributed by atoms with Crippen molar-refractivity contribution in [2.45, 2.75) is 33.7 Å². The van der Waals surface area contributed by atoms with Crippen LogP contribution in [0.15, 0.2) is 72.3 Å². The van der Waals surface area contributed by atoms with E-state index >= 15 is 0 Å². The van der Waals surface area contributed by atoms with Crippen molar-refractivity contribution < 1.29 is 38.3 Å². The van der Waals surface area contributed by atoms with Gasteiger partial charge in [-0.25, -0.2) is 8.80 Å². The average molecular weight is 382 g/mol. The van der Waals surface area contributed by atoms with Gasteiger partial charge in [0.05, 0.1) is 0 Å². The van der Waals surface area contributed by atoms with Crippen LogP contribution in [-0.4, -0.2) is 8.80 Å². The van der Waals surface area contributed by atoms with Crippen molar-refractivity contribution in [3.05, 3.63) is 86.2 Å². The smallest absolute Gasteiger partial charge is 0.346 e. The summed E-state index contributed by atoms with van der Waals surface area (Å²) in [5.41, 5.74) is 1.48. The molecule has 0 aromatic heterocycles. The van der Waals surface area contributed by atoms with Gasteiger partial charge in [-0.15, -0.1) is 11.6 Å². The summed E-state index contributed by atoms with van der Waals surface area (Å²) in [5, 5.41) is 2.99. The van der Waals surface area contributed by atoms with Gasteiger partial charge in [0.15, 0.2) is 0 Å². The van der Waals surface area contributed by atoms with Gasteiger partial charge in [-0.2, -0.15) is 24.2 Å². The quantitative estimate of drug-likeness (QED) is 0.431. The predicted molar refractivity (Wildman–Crippen MR) is 104 cm³/mol. The zero-order chi connectivity index (χ0) is 16.8. The fourth-order valence-corrected chi connectivity index (χ4v) is 4.72. The Morgan fingerprint density at radius 1 is 0.833 bits per heavy atom. The molecule has 0 aliphatic rings. The van der Waals surface area contributed by atoms with Crippen LogP contribution in [0.5, 0.6) is 0 Å². The zero-order valence-electron chi connectivity index (χ0n) is 16.2. The molecule has 120 valence electrons. The molecular formula is C21H29LiSiZn. The number of benzene rings is 2. The monoisotopic (exact) mass is 380 g/mol. The van der Waals surface area contributed by atoms with Crippen LogP contribution in [0, 0.1) is 13.8 Å². The Morgan fingerprint density at radius 3 is 1.46 bits per heavy atom. The molecule has 24 heavy (non-hydrogen) atoms. The summed E-state index contributed by atoms with van der Waals surface area (Å²) in [6.07, 6.45) is 2.23. The van der Waals surface area contributed by atoms with Crippen LogP contribution in [0.4, 0.5) is 0 Å². The Labute approximate surface area is 176 Å². The molecule has 0 spiro atoms. The van der Waals surface area contributed by atoms with E-state index < -0.39 is 8.80 Å². The van der Waals surface area contributed by atoms with E-state index in [0.717, 1.165) is 0 Å². The first kappa shape index (κ1) is 28.4. The van der Waals surface area contributed by atoms with E-state index in [0.29, 0.717) is 0 Å². The van der Waals surface area contributed by atoms with Crippen molar-refractivity contribution in [2.24, 2.45) is 0 Å². The van der Waals surface area contributed by atoms with Gasteiger partial charge < -0.3 is 13.8 Å². The first-order chi connectivity index (χ1) is 10.8. The van der Waals surface area contributed by atoms with Crippen molar-refractivity contribution in [1.29, 1.82) is 0 Å². The first-order valence-corrected chi connectivity index (χ1v) is 9.52. The fraction of sp³-hybridized carbons (Fsp3) is 0.238. The van der Waals surface area contributed by atoms with Gasteiger partial charge in [0, 0.05) is 0 Å². The summed E-state index contributed by atoms with van der Waals surface area (Å²) in [4.78, 5) is 0. The van der Waals surface area contributed by atoms with Gasteiger partial charge in [0.1, 0.15) is 0 Å². The van der Waals surface area contributed by atoms with E-state index in [1.807, 2.05) is 0 Å². The van der Waals surface area contributed by atoms with Crippen LogP contribution in [0.3, 0.4) is 0 Å². The third kappa shape index (κ3) is 10.5. The standard InChI is InChI=1S/C17H19Si.2C2H5.Li.Zn/c1-3-15(2)14-18(16-10-6-4-7-11-16)17-12-8-5-9-13-17;2*1-2;;/h3-13H,14H2,1-2H3;2*1H2,2H3;;/q3*-1;+1;+2/b15-3+;;;;. The maximum atomic E-state index is 3.25. The topological polar surface area (TPSA) is 0 Å². The average Bonchev–Trinajstić information content (AvgIpc) is 2.64. The third-order valence-electron chi connectivity index (χ3n) is 3.19. The molecule has 0 bridgehead atoms. The van der Waals surface area contributed by atoms with E-state index in [-0.39, 0.29) is 38.3 Å². The molecule has 0 saturated carbocycles. The van der Waals surface area contributed by atoms with E-state index in [2.05, 4.69) is 94.4 Å². The maximum Gasteiger partial charge on any atom is 2.00 e. The summed E-state index contributed by atoms with van der Waals surface area (Å²) >= 11 is 0. The Morgan fingerprint density at radius 2 is 1.17 bits per heavy atom. The van der Waals surface area contributed by atoms with Crippen LogP contribution >= 0.6 is 0 Å². The van der Waals surface area contributed by atoms with Crippen LogP contribution < -0.4 is 29.2 Å². The molecule has 2 rings (SSSR count). The Kier molecular flexibility index (Phi) is 22.4. The number of hydrogen-bond donors (Lipinski definition) is 0.